The van der Waals surface area contributed by atoms with Gasteiger partial charge in [0.25, 0.3) is 0 Å². The molecule has 9 heteroatoms. The minimum absolute atomic E-state index is 0.0172. The Morgan fingerprint density at radius 3 is 2.39 bits per heavy atom. The van der Waals surface area contributed by atoms with Crippen molar-refractivity contribution in [3.8, 4) is 0 Å². The summed E-state index contributed by atoms with van der Waals surface area (Å²) in [7, 11) is 0. The molecule has 0 saturated carbocycles. The molecule has 3 aromatic carbocycles. The number of unbranched alkanes of at least 4 members (excludes halogenated alkanes) is 3. The zero-order valence-corrected chi connectivity index (χ0v) is 25.1. The van der Waals surface area contributed by atoms with E-state index in [1.54, 1.807) is 16.7 Å². The number of benzene rings is 3. The number of amides is 3. The van der Waals surface area contributed by atoms with Gasteiger partial charge < -0.3 is 20.6 Å². The molecule has 0 aromatic heterocycles. The van der Waals surface area contributed by atoms with Gasteiger partial charge in [0.2, 0.25) is 17.7 Å². The number of anilines is 2. The Balaban J connectivity index is 1.30. The largest absolute Gasteiger partial charge is 0.396 e. The number of nitrogens with zero attached hydrogens (tertiary/aromatic N) is 1. The second-order valence-electron chi connectivity index (χ2n) is 11.2. The molecule has 3 unspecified atom stereocenters. The van der Waals surface area contributed by atoms with Gasteiger partial charge in [0, 0.05) is 34.6 Å². The van der Waals surface area contributed by atoms with Gasteiger partial charge in [-0.3, -0.25) is 14.4 Å². The standard InChI is InChI=1S/C32H34BrN3O4S/c33-24-19-32-26(25(27(24)41-32)29(38)34-22-12-4-3-5-13-22)31(40)36(16-8-1-2-9-17-37)28(32)30(39)35-23-15-14-20-10-6-7-11-21(20)18-23/h3-7,10-15,18,24-28,37H,1-2,8-9,16-17,19H2,(H,34,38)(H,35,39)/t24?,25-,26+,27-,28?,32?/m1/s1. The van der Waals surface area contributed by atoms with E-state index in [0.29, 0.717) is 24.3 Å². The van der Waals surface area contributed by atoms with Crippen molar-refractivity contribution in [3.05, 3.63) is 72.8 Å². The average molecular weight is 637 g/mol. The van der Waals surface area contributed by atoms with Crippen LogP contribution in [0, 0.1) is 11.8 Å². The number of thioether (sulfide) groups is 1. The van der Waals surface area contributed by atoms with Crippen molar-refractivity contribution in [1.82, 2.24) is 4.90 Å². The minimum Gasteiger partial charge on any atom is -0.396 e. The summed E-state index contributed by atoms with van der Waals surface area (Å²) >= 11 is 5.47. The van der Waals surface area contributed by atoms with Crippen LogP contribution in [0.3, 0.4) is 0 Å². The quantitative estimate of drug-likeness (QED) is 0.204. The lowest BCUT2D eigenvalue weighted by Gasteiger charge is -2.35. The maximum absolute atomic E-state index is 14.2. The number of likely N-dealkylation sites (tertiary alicyclic amines) is 1. The van der Waals surface area contributed by atoms with E-state index in [0.717, 1.165) is 36.5 Å². The molecule has 6 atom stereocenters. The zero-order valence-electron chi connectivity index (χ0n) is 22.7. The third-order valence-corrected chi connectivity index (χ3v) is 11.9. The highest BCUT2D eigenvalue weighted by Crippen LogP contribution is 2.67. The van der Waals surface area contributed by atoms with E-state index in [9.17, 15) is 14.4 Å². The summed E-state index contributed by atoms with van der Waals surface area (Å²) in [4.78, 5) is 43.9. The molecule has 7 nitrogen and oxygen atoms in total. The smallest absolute Gasteiger partial charge is 0.248 e. The zero-order chi connectivity index (χ0) is 28.6. The fourth-order valence-electron chi connectivity index (χ4n) is 6.94. The topological polar surface area (TPSA) is 98.7 Å². The maximum atomic E-state index is 14.2. The predicted octanol–water partition coefficient (Wildman–Crippen LogP) is 5.43. The minimum atomic E-state index is -0.694. The highest BCUT2D eigenvalue weighted by molar-refractivity contribution is 9.09. The lowest BCUT2D eigenvalue weighted by Crippen LogP contribution is -2.52. The van der Waals surface area contributed by atoms with Gasteiger partial charge in [-0.25, -0.2) is 0 Å². The Bertz CT molecular complexity index is 1460. The van der Waals surface area contributed by atoms with Crippen LogP contribution in [0.4, 0.5) is 11.4 Å². The first-order valence-electron chi connectivity index (χ1n) is 14.3. The third kappa shape index (κ3) is 5.17. The fraction of sp³-hybridized carbons (Fsp3) is 0.406. The van der Waals surface area contributed by atoms with E-state index in [-0.39, 0.29) is 34.4 Å². The van der Waals surface area contributed by atoms with Crippen molar-refractivity contribution in [2.75, 3.05) is 23.8 Å². The van der Waals surface area contributed by atoms with Crippen LogP contribution < -0.4 is 10.6 Å². The number of nitrogens with one attached hydrogen (secondary N) is 2. The van der Waals surface area contributed by atoms with Gasteiger partial charge in [0.15, 0.2) is 0 Å². The van der Waals surface area contributed by atoms with Crippen LogP contribution in [0.15, 0.2) is 72.8 Å². The monoisotopic (exact) mass is 635 g/mol. The van der Waals surface area contributed by atoms with Gasteiger partial charge in [-0.15, -0.1) is 11.8 Å². The summed E-state index contributed by atoms with van der Waals surface area (Å²) in [5.74, 6) is -1.59. The molecule has 0 aliphatic carbocycles. The molecule has 6 rings (SSSR count). The van der Waals surface area contributed by atoms with Crippen molar-refractivity contribution in [1.29, 1.82) is 0 Å². The molecule has 3 amide bonds. The van der Waals surface area contributed by atoms with Crippen molar-refractivity contribution in [2.45, 2.75) is 53.0 Å². The normalized spacial score (nSPS) is 28.2. The number of hydrogen-bond acceptors (Lipinski definition) is 5. The highest BCUT2D eigenvalue weighted by Gasteiger charge is 2.75. The van der Waals surface area contributed by atoms with Crippen LogP contribution in [-0.2, 0) is 14.4 Å². The molecule has 3 aliphatic heterocycles. The van der Waals surface area contributed by atoms with E-state index in [2.05, 4.69) is 26.6 Å². The number of carbonyl (C=O) groups is 3. The van der Waals surface area contributed by atoms with E-state index in [1.807, 2.05) is 72.8 Å². The lowest BCUT2D eigenvalue weighted by atomic mass is 9.70. The number of aliphatic hydroxyl groups excluding tert-OH is 1. The van der Waals surface area contributed by atoms with E-state index < -0.39 is 22.6 Å². The number of para-hydroxylation sites is 1. The van der Waals surface area contributed by atoms with Crippen LogP contribution in [0.25, 0.3) is 10.8 Å². The van der Waals surface area contributed by atoms with E-state index in [1.165, 1.54) is 0 Å². The first kappa shape index (κ1) is 28.2. The molecule has 3 N–H and O–H groups in total. The maximum Gasteiger partial charge on any atom is 0.248 e. The van der Waals surface area contributed by atoms with Crippen molar-refractivity contribution in [3.63, 3.8) is 0 Å². The second kappa shape index (κ2) is 11.8. The van der Waals surface area contributed by atoms with E-state index >= 15 is 0 Å². The first-order valence-corrected chi connectivity index (χ1v) is 16.1. The molecule has 3 saturated heterocycles. The molecule has 2 bridgehead atoms. The number of aliphatic hydroxyl groups is 1. The van der Waals surface area contributed by atoms with Gasteiger partial charge in [-0.1, -0.05) is 77.3 Å². The number of halogens is 1. The van der Waals surface area contributed by atoms with Gasteiger partial charge in [0.05, 0.1) is 16.6 Å². The van der Waals surface area contributed by atoms with E-state index in [4.69, 9.17) is 5.11 Å². The summed E-state index contributed by atoms with van der Waals surface area (Å²) in [6.45, 7) is 0.594. The summed E-state index contributed by atoms with van der Waals surface area (Å²) < 4.78 is -0.694. The van der Waals surface area contributed by atoms with Crippen LogP contribution in [0.2, 0.25) is 0 Å². The molecule has 214 valence electrons. The number of carbonyl (C=O) groups excluding carboxylic acids is 3. The van der Waals surface area contributed by atoms with Gasteiger partial charge in [-0.2, -0.15) is 0 Å². The summed E-state index contributed by atoms with van der Waals surface area (Å²) in [6.07, 6.45) is 3.82. The summed E-state index contributed by atoms with van der Waals surface area (Å²) in [5.41, 5.74) is 1.39. The Morgan fingerprint density at radius 2 is 1.61 bits per heavy atom. The fourth-order valence-corrected chi connectivity index (χ4v) is 10.6. The Hall–Kier alpha value is -2.88. The van der Waals surface area contributed by atoms with Crippen LogP contribution in [-0.4, -0.2) is 61.7 Å². The molecule has 0 radical (unpaired) electrons. The second-order valence-corrected chi connectivity index (χ2v) is 14.0. The number of rotatable bonds is 10. The first-order chi connectivity index (χ1) is 19.9. The Morgan fingerprint density at radius 1 is 0.902 bits per heavy atom. The molecule has 3 aliphatic rings. The summed E-state index contributed by atoms with van der Waals surface area (Å²) in [5, 5.41) is 17.3. The Labute approximate surface area is 252 Å². The van der Waals surface area contributed by atoms with Crippen LogP contribution in [0.1, 0.15) is 32.1 Å². The van der Waals surface area contributed by atoms with Gasteiger partial charge in [-0.05, 0) is 54.3 Å². The molecule has 1 spiro atoms. The van der Waals surface area contributed by atoms with Crippen molar-refractivity contribution < 1.29 is 19.5 Å². The molecule has 3 aromatic rings. The lowest BCUT2D eigenvalue weighted by molar-refractivity contribution is -0.138. The van der Waals surface area contributed by atoms with Crippen LogP contribution in [0.5, 0.6) is 0 Å². The molecule has 3 heterocycles. The molecule has 3 fully saturated rings. The van der Waals surface area contributed by atoms with Gasteiger partial charge >= 0.3 is 0 Å². The molecule has 41 heavy (non-hydrogen) atoms. The summed E-state index contributed by atoms with van der Waals surface area (Å²) in [6, 6.07) is 22.5. The Kier molecular flexibility index (Phi) is 8.12. The van der Waals surface area contributed by atoms with Gasteiger partial charge in [0.1, 0.15) is 6.04 Å². The number of hydrogen-bond donors (Lipinski definition) is 3. The number of alkyl halides is 1. The molecular formula is C32H34BrN3O4S. The molecular weight excluding hydrogens is 602 g/mol. The SMILES string of the molecule is O=C(Nc1ccc2ccccc2c1)C1N(CCCCCCO)C(=O)[C@@H]2[C@@H](C(=O)Nc3ccccc3)[C@@H]3SC12CC3Br. The third-order valence-electron chi connectivity index (χ3n) is 8.71. The highest BCUT2D eigenvalue weighted by atomic mass is 79.9. The van der Waals surface area contributed by atoms with Crippen molar-refractivity contribution in [2.24, 2.45) is 11.8 Å². The van der Waals surface area contributed by atoms with Crippen molar-refractivity contribution >= 4 is 67.6 Å². The predicted molar refractivity (Wildman–Crippen MR) is 167 cm³/mol. The van der Waals surface area contributed by atoms with Crippen LogP contribution >= 0.6 is 27.7 Å². The number of fused-ring (bicyclic) bond motifs is 2. The average Bonchev–Trinajstić information content (AvgIpc) is 3.56.